The number of piperidine rings is 2. The third-order valence-corrected chi connectivity index (χ3v) is 3.72. The van der Waals surface area contributed by atoms with Crippen molar-refractivity contribution in [3.05, 3.63) is 0 Å². The molecule has 0 saturated carbocycles. The first kappa shape index (κ1) is 10.4. The molecule has 0 unspecified atom stereocenters. The van der Waals surface area contributed by atoms with Gasteiger partial charge in [-0.25, -0.2) is 0 Å². The minimum Gasteiger partial charge on any atom is -0.317 e. The summed E-state index contributed by atoms with van der Waals surface area (Å²) < 4.78 is 0. The first-order valence-electron chi connectivity index (χ1n) is 6.27. The van der Waals surface area contributed by atoms with E-state index in [4.69, 9.17) is 0 Å². The van der Waals surface area contributed by atoms with Crippen molar-refractivity contribution >= 4 is 0 Å². The maximum absolute atomic E-state index is 3.44. The second-order valence-electron chi connectivity index (χ2n) is 5.20. The van der Waals surface area contributed by atoms with Gasteiger partial charge in [-0.3, -0.25) is 0 Å². The van der Waals surface area contributed by atoms with Gasteiger partial charge in [-0.15, -0.1) is 0 Å². The molecule has 1 N–H and O–H groups in total. The Labute approximate surface area is 88.1 Å². The highest BCUT2D eigenvalue weighted by atomic mass is 15.1. The van der Waals surface area contributed by atoms with Crippen LogP contribution in [0.25, 0.3) is 0 Å². The van der Waals surface area contributed by atoms with Crippen molar-refractivity contribution in [1.29, 1.82) is 0 Å². The lowest BCUT2D eigenvalue weighted by atomic mass is 9.94. The van der Waals surface area contributed by atoms with Crippen LogP contribution < -0.4 is 5.32 Å². The molecule has 82 valence electrons. The molecule has 2 heteroatoms. The van der Waals surface area contributed by atoms with Gasteiger partial charge in [-0.1, -0.05) is 6.92 Å². The number of nitrogens with zero attached hydrogens (tertiary/aromatic N) is 1. The van der Waals surface area contributed by atoms with E-state index in [0.717, 1.165) is 11.8 Å². The minimum absolute atomic E-state index is 0.936. The number of hydrogen-bond donors (Lipinski definition) is 1. The van der Waals surface area contributed by atoms with E-state index >= 15 is 0 Å². The van der Waals surface area contributed by atoms with Crippen LogP contribution in [0.15, 0.2) is 0 Å². The fraction of sp³-hybridized carbons (Fsp3) is 1.00. The van der Waals surface area contributed by atoms with Crippen molar-refractivity contribution in [3.8, 4) is 0 Å². The van der Waals surface area contributed by atoms with E-state index in [-0.39, 0.29) is 0 Å². The average Bonchev–Trinajstić information content (AvgIpc) is 2.19. The SMILES string of the molecule is C[C@H]1CCCN(CC2CCNCC2)C1. The Morgan fingerprint density at radius 3 is 2.71 bits per heavy atom. The van der Waals surface area contributed by atoms with Crippen LogP contribution in [0.5, 0.6) is 0 Å². The molecule has 0 aromatic rings. The quantitative estimate of drug-likeness (QED) is 0.723. The highest BCUT2D eigenvalue weighted by molar-refractivity contribution is 4.76. The first-order chi connectivity index (χ1) is 6.84. The van der Waals surface area contributed by atoms with E-state index in [0.29, 0.717) is 0 Å². The molecule has 2 heterocycles. The summed E-state index contributed by atoms with van der Waals surface area (Å²) >= 11 is 0. The molecule has 2 nitrogen and oxygen atoms in total. The van der Waals surface area contributed by atoms with Gasteiger partial charge in [0.2, 0.25) is 0 Å². The molecule has 0 aliphatic carbocycles. The van der Waals surface area contributed by atoms with Crippen LogP contribution in [-0.4, -0.2) is 37.6 Å². The maximum Gasteiger partial charge on any atom is 0.00107 e. The second kappa shape index (κ2) is 5.13. The van der Waals surface area contributed by atoms with Crippen molar-refractivity contribution in [3.63, 3.8) is 0 Å². The van der Waals surface area contributed by atoms with Gasteiger partial charge in [0.1, 0.15) is 0 Å². The average molecular weight is 196 g/mol. The van der Waals surface area contributed by atoms with Crippen molar-refractivity contribution < 1.29 is 0 Å². The zero-order chi connectivity index (χ0) is 9.80. The van der Waals surface area contributed by atoms with Gasteiger partial charge in [-0.2, -0.15) is 0 Å². The van der Waals surface area contributed by atoms with E-state index in [2.05, 4.69) is 17.1 Å². The van der Waals surface area contributed by atoms with E-state index in [1.165, 1.54) is 58.4 Å². The molecule has 14 heavy (non-hydrogen) atoms. The van der Waals surface area contributed by atoms with Crippen LogP contribution in [0.1, 0.15) is 32.6 Å². The van der Waals surface area contributed by atoms with E-state index in [9.17, 15) is 0 Å². The van der Waals surface area contributed by atoms with Crippen LogP contribution in [0.4, 0.5) is 0 Å². The molecule has 2 fully saturated rings. The second-order valence-corrected chi connectivity index (χ2v) is 5.20. The third-order valence-electron chi connectivity index (χ3n) is 3.72. The van der Waals surface area contributed by atoms with Crippen molar-refractivity contribution in [1.82, 2.24) is 10.2 Å². The molecule has 1 atom stereocenters. The Morgan fingerprint density at radius 2 is 2.00 bits per heavy atom. The third kappa shape index (κ3) is 2.96. The lowest BCUT2D eigenvalue weighted by Gasteiger charge is -2.35. The number of nitrogens with one attached hydrogen (secondary N) is 1. The number of likely N-dealkylation sites (tertiary alicyclic amines) is 1. The molecular formula is C12H24N2. The molecule has 2 aliphatic heterocycles. The van der Waals surface area contributed by atoms with E-state index in [1.54, 1.807) is 0 Å². The smallest absolute Gasteiger partial charge is 0.00107 e. The zero-order valence-electron chi connectivity index (χ0n) is 9.47. The fourth-order valence-corrected chi connectivity index (χ4v) is 2.88. The molecule has 0 aromatic carbocycles. The van der Waals surface area contributed by atoms with Crippen LogP contribution >= 0.6 is 0 Å². The Bertz CT molecular complexity index is 164. The van der Waals surface area contributed by atoms with Gasteiger partial charge >= 0.3 is 0 Å². The van der Waals surface area contributed by atoms with Gasteiger partial charge in [0.05, 0.1) is 0 Å². The van der Waals surface area contributed by atoms with Crippen LogP contribution in [0.3, 0.4) is 0 Å². The predicted octanol–water partition coefficient (Wildman–Crippen LogP) is 1.72. The lowest BCUT2D eigenvalue weighted by molar-refractivity contribution is 0.147. The molecular weight excluding hydrogens is 172 g/mol. The van der Waals surface area contributed by atoms with E-state index in [1.807, 2.05) is 0 Å². The summed E-state index contributed by atoms with van der Waals surface area (Å²) in [5.41, 5.74) is 0. The summed E-state index contributed by atoms with van der Waals surface area (Å²) in [7, 11) is 0. The number of hydrogen-bond acceptors (Lipinski definition) is 2. The standard InChI is InChI=1S/C12H24N2/c1-11-3-2-8-14(9-11)10-12-4-6-13-7-5-12/h11-13H,2-10H2,1H3/t11-/m0/s1. The van der Waals surface area contributed by atoms with Crippen molar-refractivity contribution in [2.45, 2.75) is 32.6 Å². The van der Waals surface area contributed by atoms with Gasteiger partial charge in [0.25, 0.3) is 0 Å². The summed E-state index contributed by atoms with van der Waals surface area (Å²) in [5.74, 6) is 1.91. The topological polar surface area (TPSA) is 15.3 Å². The summed E-state index contributed by atoms with van der Waals surface area (Å²) in [4.78, 5) is 2.70. The summed E-state index contributed by atoms with van der Waals surface area (Å²) in [6.45, 7) is 8.96. The monoisotopic (exact) mass is 196 g/mol. The Balaban J connectivity index is 1.72. The lowest BCUT2D eigenvalue weighted by Crippen LogP contribution is -2.40. The molecule has 2 aliphatic rings. The maximum atomic E-state index is 3.44. The summed E-state index contributed by atoms with van der Waals surface area (Å²) in [6, 6.07) is 0. The van der Waals surface area contributed by atoms with Gasteiger partial charge in [-0.05, 0) is 57.2 Å². The molecule has 0 bridgehead atoms. The largest absolute Gasteiger partial charge is 0.317 e. The summed E-state index contributed by atoms with van der Waals surface area (Å²) in [5, 5.41) is 3.44. The van der Waals surface area contributed by atoms with Crippen molar-refractivity contribution in [2.75, 3.05) is 32.7 Å². The van der Waals surface area contributed by atoms with Crippen LogP contribution in [0, 0.1) is 11.8 Å². The molecule has 0 radical (unpaired) electrons. The van der Waals surface area contributed by atoms with E-state index < -0.39 is 0 Å². The highest BCUT2D eigenvalue weighted by Crippen LogP contribution is 2.19. The van der Waals surface area contributed by atoms with Gasteiger partial charge < -0.3 is 10.2 Å². The molecule has 0 spiro atoms. The number of rotatable bonds is 2. The molecule has 2 saturated heterocycles. The normalized spacial score (nSPS) is 31.9. The van der Waals surface area contributed by atoms with Crippen molar-refractivity contribution in [2.24, 2.45) is 11.8 Å². The molecule has 2 rings (SSSR count). The minimum atomic E-state index is 0.936. The fourth-order valence-electron chi connectivity index (χ4n) is 2.88. The molecule has 0 amide bonds. The Kier molecular flexibility index (Phi) is 3.82. The van der Waals surface area contributed by atoms with Gasteiger partial charge in [0, 0.05) is 13.1 Å². The van der Waals surface area contributed by atoms with Gasteiger partial charge in [0.15, 0.2) is 0 Å². The zero-order valence-corrected chi connectivity index (χ0v) is 9.47. The Morgan fingerprint density at radius 1 is 1.21 bits per heavy atom. The van der Waals surface area contributed by atoms with Crippen LogP contribution in [0.2, 0.25) is 0 Å². The first-order valence-corrected chi connectivity index (χ1v) is 6.27. The highest BCUT2D eigenvalue weighted by Gasteiger charge is 2.20. The summed E-state index contributed by atoms with van der Waals surface area (Å²) in [6.07, 6.45) is 5.66. The molecule has 0 aromatic heterocycles. The Hall–Kier alpha value is -0.0800. The predicted molar refractivity (Wildman–Crippen MR) is 60.4 cm³/mol. The van der Waals surface area contributed by atoms with Crippen LogP contribution in [-0.2, 0) is 0 Å².